The average Bonchev–Trinajstić information content (AvgIpc) is 2.52. The molecule has 2 aromatic rings. The maximum atomic E-state index is 5.92. The highest BCUT2D eigenvalue weighted by Gasteiger charge is 2.06. The van der Waals surface area contributed by atoms with Crippen molar-refractivity contribution in [3.05, 3.63) is 58.6 Å². The van der Waals surface area contributed by atoms with Gasteiger partial charge in [-0.15, -0.1) is 0 Å². The first-order chi connectivity index (χ1) is 10.2. The van der Waals surface area contributed by atoms with Crippen molar-refractivity contribution in [1.29, 1.82) is 0 Å². The third-order valence-corrected chi connectivity index (χ3v) is 3.39. The highest BCUT2D eigenvalue weighted by atomic mass is 35.5. The summed E-state index contributed by atoms with van der Waals surface area (Å²) in [6.45, 7) is 4.26. The highest BCUT2D eigenvalue weighted by molar-refractivity contribution is 6.30. The Labute approximate surface area is 130 Å². The van der Waals surface area contributed by atoms with E-state index in [1.807, 2.05) is 42.5 Å². The molecule has 0 spiro atoms. The maximum Gasteiger partial charge on any atom is 0.124 e. The van der Waals surface area contributed by atoms with Crippen molar-refractivity contribution in [3.63, 3.8) is 0 Å². The van der Waals surface area contributed by atoms with E-state index in [1.165, 1.54) is 0 Å². The van der Waals surface area contributed by atoms with E-state index in [0.717, 1.165) is 40.7 Å². The van der Waals surface area contributed by atoms with Gasteiger partial charge in [-0.25, -0.2) is 0 Å². The zero-order valence-corrected chi connectivity index (χ0v) is 13.1. The molecule has 0 aromatic heterocycles. The fraction of sp³-hybridized carbons (Fsp3) is 0.294. The maximum absolute atomic E-state index is 5.92. The van der Waals surface area contributed by atoms with Crippen LogP contribution < -0.4 is 14.8 Å². The fourth-order valence-electron chi connectivity index (χ4n) is 1.96. The third kappa shape index (κ3) is 4.66. The SMILES string of the molecule is CCNCc1cc(OC)ccc1OCc1ccc(Cl)cc1. The van der Waals surface area contributed by atoms with Gasteiger partial charge in [-0.3, -0.25) is 0 Å². The van der Waals surface area contributed by atoms with Crippen molar-refractivity contribution in [1.82, 2.24) is 5.32 Å². The van der Waals surface area contributed by atoms with Gasteiger partial charge in [-0.05, 0) is 42.4 Å². The normalized spacial score (nSPS) is 10.4. The molecule has 112 valence electrons. The number of rotatable bonds is 7. The second kappa shape index (κ2) is 7.91. The zero-order valence-electron chi connectivity index (χ0n) is 12.4. The van der Waals surface area contributed by atoms with Crippen LogP contribution in [-0.4, -0.2) is 13.7 Å². The monoisotopic (exact) mass is 305 g/mol. The Morgan fingerprint density at radius 3 is 2.52 bits per heavy atom. The van der Waals surface area contributed by atoms with Gasteiger partial charge in [0.15, 0.2) is 0 Å². The van der Waals surface area contributed by atoms with Crippen LogP contribution in [0.2, 0.25) is 5.02 Å². The molecule has 21 heavy (non-hydrogen) atoms. The molecule has 0 aliphatic heterocycles. The predicted octanol–water partition coefficient (Wildman–Crippen LogP) is 4.04. The lowest BCUT2D eigenvalue weighted by atomic mass is 10.2. The number of nitrogens with one attached hydrogen (secondary N) is 1. The summed E-state index contributed by atoms with van der Waals surface area (Å²) in [6.07, 6.45) is 0. The average molecular weight is 306 g/mol. The second-order valence-corrected chi connectivity index (χ2v) is 5.11. The van der Waals surface area contributed by atoms with Gasteiger partial charge in [0.2, 0.25) is 0 Å². The molecular weight excluding hydrogens is 286 g/mol. The van der Waals surface area contributed by atoms with Crippen LogP contribution in [0.3, 0.4) is 0 Å². The van der Waals surface area contributed by atoms with Crippen LogP contribution in [0.25, 0.3) is 0 Å². The van der Waals surface area contributed by atoms with Gasteiger partial charge in [0.05, 0.1) is 7.11 Å². The summed E-state index contributed by atoms with van der Waals surface area (Å²) in [5, 5.41) is 4.04. The molecule has 0 aliphatic carbocycles. The number of methoxy groups -OCH3 is 1. The van der Waals surface area contributed by atoms with E-state index >= 15 is 0 Å². The molecule has 0 fully saturated rings. The summed E-state index contributed by atoms with van der Waals surface area (Å²) in [6, 6.07) is 13.5. The van der Waals surface area contributed by atoms with Crippen LogP contribution >= 0.6 is 11.6 Å². The van der Waals surface area contributed by atoms with Crippen molar-refractivity contribution >= 4 is 11.6 Å². The van der Waals surface area contributed by atoms with Crippen LogP contribution in [0, 0.1) is 0 Å². The molecule has 0 bridgehead atoms. The Balaban J connectivity index is 2.08. The van der Waals surface area contributed by atoms with Gasteiger partial charge < -0.3 is 14.8 Å². The number of hydrogen-bond acceptors (Lipinski definition) is 3. The fourth-order valence-corrected chi connectivity index (χ4v) is 2.09. The van der Waals surface area contributed by atoms with Crippen molar-refractivity contribution in [2.75, 3.05) is 13.7 Å². The zero-order chi connectivity index (χ0) is 15.1. The molecule has 3 nitrogen and oxygen atoms in total. The molecule has 0 unspecified atom stereocenters. The summed E-state index contributed by atoms with van der Waals surface area (Å²) in [5.74, 6) is 1.70. The lowest BCUT2D eigenvalue weighted by molar-refractivity contribution is 0.301. The smallest absolute Gasteiger partial charge is 0.124 e. The molecule has 1 N–H and O–H groups in total. The summed E-state index contributed by atoms with van der Waals surface area (Å²) >= 11 is 5.88. The molecule has 4 heteroatoms. The van der Waals surface area contributed by atoms with E-state index in [2.05, 4.69) is 12.2 Å². The molecule has 0 radical (unpaired) electrons. The van der Waals surface area contributed by atoms with E-state index in [-0.39, 0.29) is 0 Å². The Morgan fingerprint density at radius 2 is 1.86 bits per heavy atom. The van der Waals surface area contributed by atoms with E-state index in [1.54, 1.807) is 7.11 Å². The summed E-state index contributed by atoms with van der Waals surface area (Å²) in [4.78, 5) is 0. The van der Waals surface area contributed by atoms with E-state index in [0.29, 0.717) is 6.61 Å². The lowest BCUT2D eigenvalue weighted by Crippen LogP contribution is -2.13. The minimum Gasteiger partial charge on any atom is -0.497 e. The van der Waals surface area contributed by atoms with Gasteiger partial charge >= 0.3 is 0 Å². The molecule has 0 aliphatic rings. The Hall–Kier alpha value is -1.71. The molecule has 2 aromatic carbocycles. The Bertz CT molecular complexity index is 570. The largest absolute Gasteiger partial charge is 0.497 e. The van der Waals surface area contributed by atoms with Crippen LogP contribution in [0.5, 0.6) is 11.5 Å². The van der Waals surface area contributed by atoms with Crippen molar-refractivity contribution in [2.45, 2.75) is 20.1 Å². The van der Waals surface area contributed by atoms with Gasteiger partial charge in [-0.2, -0.15) is 0 Å². The first-order valence-corrected chi connectivity index (χ1v) is 7.35. The minimum absolute atomic E-state index is 0.516. The van der Waals surface area contributed by atoms with Crippen LogP contribution in [0.4, 0.5) is 0 Å². The molecule has 0 saturated carbocycles. The first-order valence-electron chi connectivity index (χ1n) is 6.97. The Kier molecular flexibility index (Phi) is 5.90. The molecule has 0 saturated heterocycles. The van der Waals surface area contributed by atoms with Gasteiger partial charge in [-0.1, -0.05) is 30.7 Å². The summed E-state index contributed by atoms with van der Waals surface area (Å²) < 4.78 is 11.2. The molecule has 2 rings (SSSR count). The standard InChI is InChI=1S/C17H20ClNO2/c1-3-19-11-14-10-16(20-2)8-9-17(14)21-12-13-4-6-15(18)7-5-13/h4-10,19H,3,11-12H2,1-2H3. The van der Waals surface area contributed by atoms with Crippen molar-refractivity contribution < 1.29 is 9.47 Å². The van der Waals surface area contributed by atoms with E-state index < -0.39 is 0 Å². The van der Waals surface area contributed by atoms with Crippen LogP contribution in [-0.2, 0) is 13.2 Å². The number of hydrogen-bond donors (Lipinski definition) is 1. The summed E-state index contributed by atoms with van der Waals surface area (Å²) in [7, 11) is 1.67. The number of ether oxygens (including phenoxy) is 2. The highest BCUT2D eigenvalue weighted by Crippen LogP contribution is 2.25. The Morgan fingerprint density at radius 1 is 1.10 bits per heavy atom. The van der Waals surface area contributed by atoms with Gasteiger partial charge in [0.25, 0.3) is 0 Å². The van der Waals surface area contributed by atoms with Crippen molar-refractivity contribution in [2.24, 2.45) is 0 Å². The number of benzene rings is 2. The molecular formula is C17H20ClNO2. The molecule has 0 atom stereocenters. The third-order valence-electron chi connectivity index (χ3n) is 3.14. The summed E-state index contributed by atoms with van der Waals surface area (Å²) in [5.41, 5.74) is 2.18. The van der Waals surface area contributed by atoms with Crippen LogP contribution in [0.15, 0.2) is 42.5 Å². The molecule has 0 amide bonds. The first kappa shape index (κ1) is 15.7. The van der Waals surface area contributed by atoms with Crippen LogP contribution in [0.1, 0.15) is 18.1 Å². The van der Waals surface area contributed by atoms with E-state index in [9.17, 15) is 0 Å². The number of halogens is 1. The quantitative estimate of drug-likeness (QED) is 0.837. The topological polar surface area (TPSA) is 30.5 Å². The van der Waals surface area contributed by atoms with Gasteiger partial charge in [0.1, 0.15) is 18.1 Å². The van der Waals surface area contributed by atoms with Crippen molar-refractivity contribution in [3.8, 4) is 11.5 Å². The minimum atomic E-state index is 0.516. The van der Waals surface area contributed by atoms with Gasteiger partial charge in [0, 0.05) is 17.1 Å². The van der Waals surface area contributed by atoms with E-state index in [4.69, 9.17) is 21.1 Å². The second-order valence-electron chi connectivity index (χ2n) is 4.67. The lowest BCUT2D eigenvalue weighted by Gasteiger charge is -2.13. The predicted molar refractivity (Wildman–Crippen MR) is 86.2 cm³/mol. The molecule has 0 heterocycles.